The first-order chi connectivity index (χ1) is 9.20. The van der Waals surface area contributed by atoms with Crippen molar-refractivity contribution >= 4 is 11.4 Å². The van der Waals surface area contributed by atoms with Crippen molar-refractivity contribution in [1.29, 1.82) is 5.26 Å². The summed E-state index contributed by atoms with van der Waals surface area (Å²) in [6.45, 7) is 3.87. The summed E-state index contributed by atoms with van der Waals surface area (Å²) < 4.78 is 0. The van der Waals surface area contributed by atoms with Crippen LogP contribution in [0.15, 0.2) is 52.8 Å². The van der Waals surface area contributed by atoms with Gasteiger partial charge in [0.2, 0.25) is 0 Å². The largest absolute Gasteiger partial charge is 0.260 e. The van der Waals surface area contributed by atoms with E-state index >= 15 is 0 Å². The van der Waals surface area contributed by atoms with E-state index in [4.69, 9.17) is 5.26 Å². The number of anilines is 1. The third kappa shape index (κ3) is 3.17. The molecule has 0 saturated heterocycles. The lowest BCUT2D eigenvalue weighted by molar-refractivity contribution is 1.12. The predicted octanol–water partition coefficient (Wildman–Crippen LogP) is 4.29. The number of aryl methyl sites for hydroxylation is 2. The molecule has 94 valence electrons. The SMILES string of the molecule is Cc1cc(C)c(C#N)c(N=NNc2ccccc2)c1. The first kappa shape index (κ1) is 12.8. The summed E-state index contributed by atoms with van der Waals surface area (Å²) in [6, 6.07) is 15.5. The zero-order valence-electron chi connectivity index (χ0n) is 10.9. The van der Waals surface area contributed by atoms with Crippen LogP contribution in [0.3, 0.4) is 0 Å². The lowest BCUT2D eigenvalue weighted by Gasteiger charge is -2.03. The third-order valence-electron chi connectivity index (χ3n) is 2.68. The summed E-state index contributed by atoms with van der Waals surface area (Å²) in [5, 5.41) is 17.1. The van der Waals surface area contributed by atoms with Gasteiger partial charge in [-0.1, -0.05) is 29.5 Å². The van der Waals surface area contributed by atoms with Gasteiger partial charge in [0, 0.05) is 0 Å². The van der Waals surface area contributed by atoms with Gasteiger partial charge in [0.15, 0.2) is 0 Å². The molecule has 0 fully saturated rings. The number of hydrogen-bond acceptors (Lipinski definition) is 3. The first-order valence-corrected chi connectivity index (χ1v) is 5.94. The molecule has 2 aromatic carbocycles. The fourth-order valence-electron chi connectivity index (χ4n) is 1.82. The number of hydrogen-bond donors (Lipinski definition) is 1. The third-order valence-corrected chi connectivity index (χ3v) is 2.68. The maximum Gasteiger partial charge on any atom is 0.106 e. The molecule has 0 aliphatic rings. The zero-order chi connectivity index (χ0) is 13.7. The Morgan fingerprint density at radius 1 is 1.11 bits per heavy atom. The number of nitriles is 1. The molecule has 0 aromatic heterocycles. The van der Waals surface area contributed by atoms with E-state index in [0.29, 0.717) is 11.3 Å². The van der Waals surface area contributed by atoms with E-state index in [1.807, 2.05) is 56.3 Å². The molecule has 4 nitrogen and oxygen atoms in total. The van der Waals surface area contributed by atoms with Gasteiger partial charge < -0.3 is 0 Å². The Morgan fingerprint density at radius 2 is 1.84 bits per heavy atom. The topological polar surface area (TPSA) is 60.5 Å². The molecule has 0 saturated carbocycles. The summed E-state index contributed by atoms with van der Waals surface area (Å²) in [5.41, 5.74) is 6.81. The van der Waals surface area contributed by atoms with Crippen LogP contribution in [0.5, 0.6) is 0 Å². The lowest BCUT2D eigenvalue weighted by atomic mass is 10.0. The highest BCUT2D eigenvalue weighted by atomic mass is 15.4. The molecule has 0 heterocycles. The van der Waals surface area contributed by atoms with Crippen molar-refractivity contribution in [3.8, 4) is 6.07 Å². The second kappa shape index (κ2) is 5.78. The predicted molar refractivity (Wildman–Crippen MR) is 75.2 cm³/mol. The molecular formula is C15H14N4. The van der Waals surface area contributed by atoms with Gasteiger partial charge in [0.05, 0.1) is 11.3 Å². The van der Waals surface area contributed by atoms with Crippen LogP contribution >= 0.6 is 0 Å². The zero-order valence-corrected chi connectivity index (χ0v) is 10.9. The molecule has 0 aliphatic heterocycles. The highest BCUT2D eigenvalue weighted by molar-refractivity contribution is 5.58. The monoisotopic (exact) mass is 250 g/mol. The van der Waals surface area contributed by atoms with Gasteiger partial charge in [0.25, 0.3) is 0 Å². The summed E-state index contributed by atoms with van der Waals surface area (Å²) >= 11 is 0. The molecule has 0 atom stereocenters. The van der Waals surface area contributed by atoms with E-state index in [9.17, 15) is 0 Å². The fraction of sp³-hybridized carbons (Fsp3) is 0.133. The maximum atomic E-state index is 9.13. The van der Waals surface area contributed by atoms with Crippen molar-refractivity contribution in [3.05, 3.63) is 59.2 Å². The number of nitrogens with zero attached hydrogens (tertiary/aromatic N) is 3. The van der Waals surface area contributed by atoms with Crippen LogP contribution in [-0.2, 0) is 0 Å². The van der Waals surface area contributed by atoms with Crippen LogP contribution in [0.1, 0.15) is 16.7 Å². The summed E-state index contributed by atoms with van der Waals surface area (Å²) in [6.07, 6.45) is 0. The minimum atomic E-state index is 0.559. The van der Waals surface area contributed by atoms with Crippen molar-refractivity contribution in [3.63, 3.8) is 0 Å². The molecule has 0 bridgehead atoms. The molecule has 1 N–H and O–H groups in total. The Balaban J connectivity index is 2.22. The van der Waals surface area contributed by atoms with E-state index in [1.165, 1.54) is 0 Å². The molecule has 2 rings (SSSR count). The number of para-hydroxylation sites is 1. The van der Waals surface area contributed by atoms with E-state index in [2.05, 4.69) is 21.8 Å². The average Bonchev–Trinajstić information content (AvgIpc) is 2.39. The molecule has 0 aliphatic carbocycles. The maximum absolute atomic E-state index is 9.13. The molecule has 0 spiro atoms. The first-order valence-electron chi connectivity index (χ1n) is 5.94. The summed E-state index contributed by atoms with van der Waals surface area (Å²) in [7, 11) is 0. The van der Waals surface area contributed by atoms with Crippen molar-refractivity contribution in [2.75, 3.05) is 5.43 Å². The fourth-order valence-corrected chi connectivity index (χ4v) is 1.82. The van der Waals surface area contributed by atoms with E-state index in [1.54, 1.807) is 0 Å². The van der Waals surface area contributed by atoms with Crippen LogP contribution in [0.25, 0.3) is 0 Å². The van der Waals surface area contributed by atoms with Crippen LogP contribution < -0.4 is 5.43 Å². The highest BCUT2D eigenvalue weighted by Gasteiger charge is 2.05. The van der Waals surface area contributed by atoms with Crippen LogP contribution in [0.4, 0.5) is 11.4 Å². The summed E-state index contributed by atoms with van der Waals surface area (Å²) in [4.78, 5) is 0. The minimum Gasteiger partial charge on any atom is -0.260 e. The standard InChI is InChI=1S/C15H14N4/c1-11-8-12(2)14(10-16)15(9-11)18-19-17-13-6-4-3-5-7-13/h3-9H,1-2H3,(H,17,18). The van der Waals surface area contributed by atoms with Crippen molar-refractivity contribution in [2.45, 2.75) is 13.8 Å². The van der Waals surface area contributed by atoms with Gasteiger partial charge in [0.1, 0.15) is 11.8 Å². The smallest absolute Gasteiger partial charge is 0.106 e. The molecule has 0 radical (unpaired) electrons. The van der Waals surface area contributed by atoms with Crippen molar-refractivity contribution in [1.82, 2.24) is 0 Å². The van der Waals surface area contributed by atoms with Gasteiger partial charge >= 0.3 is 0 Å². The molecule has 2 aromatic rings. The Morgan fingerprint density at radius 3 is 2.53 bits per heavy atom. The van der Waals surface area contributed by atoms with Crippen LogP contribution in [0.2, 0.25) is 0 Å². The van der Waals surface area contributed by atoms with Gasteiger partial charge in [-0.05, 0) is 43.2 Å². The van der Waals surface area contributed by atoms with Gasteiger partial charge in [-0.3, -0.25) is 5.43 Å². The highest BCUT2D eigenvalue weighted by Crippen LogP contribution is 2.24. The Bertz CT molecular complexity index is 639. The summed E-state index contributed by atoms with van der Waals surface area (Å²) in [5.74, 6) is 0. The van der Waals surface area contributed by atoms with Crippen molar-refractivity contribution in [2.24, 2.45) is 10.3 Å². The Kier molecular flexibility index (Phi) is 3.89. The molecule has 19 heavy (non-hydrogen) atoms. The quantitative estimate of drug-likeness (QED) is 0.652. The normalized spacial score (nSPS) is 10.4. The van der Waals surface area contributed by atoms with Crippen molar-refractivity contribution < 1.29 is 0 Å². The molecular weight excluding hydrogens is 236 g/mol. The number of benzene rings is 2. The second-order valence-electron chi connectivity index (χ2n) is 4.27. The van der Waals surface area contributed by atoms with E-state index in [-0.39, 0.29) is 0 Å². The Hall–Kier alpha value is -2.67. The van der Waals surface area contributed by atoms with Gasteiger partial charge in [-0.2, -0.15) is 5.26 Å². The Labute approximate surface area is 112 Å². The van der Waals surface area contributed by atoms with E-state index in [0.717, 1.165) is 16.8 Å². The second-order valence-corrected chi connectivity index (χ2v) is 4.27. The molecule has 4 heteroatoms. The van der Waals surface area contributed by atoms with E-state index < -0.39 is 0 Å². The van der Waals surface area contributed by atoms with Crippen LogP contribution in [0, 0.1) is 25.2 Å². The molecule has 0 unspecified atom stereocenters. The van der Waals surface area contributed by atoms with Crippen LogP contribution in [-0.4, -0.2) is 0 Å². The van der Waals surface area contributed by atoms with Gasteiger partial charge in [-0.25, -0.2) is 0 Å². The lowest BCUT2D eigenvalue weighted by Crippen LogP contribution is -1.88. The average molecular weight is 250 g/mol. The number of nitrogens with one attached hydrogen (secondary N) is 1. The molecule has 0 amide bonds. The number of rotatable bonds is 3. The minimum absolute atomic E-state index is 0.559. The van der Waals surface area contributed by atoms with Gasteiger partial charge in [-0.15, -0.1) is 5.11 Å².